The summed E-state index contributed by atoms with van der Waals surface area (Å²) in [5.41, 5.74) is 0.574. The van der Waals surface area contributed by atoms with Crippen LogP contribution in [0.3, 0.4) is 0 Å². The van der Waals surface area contributed by atoms with Crippen molar-refractivity contribution in [1.82, 2.24) is 20.2 Å². The molecule has 3 saturated heterocycles. The molecule has 1 atom stereocenters. The van der Waals surface area contributed by atoms with Crippen molar-refractivity contribution in [2.45, 2.75) is 44.7 Å². The molecule has 0 saturated carbocycles. The third kappa shape index (κ3) is 4.78. The molecule has 1 amide bonds. The second kappa shape index (κ2) is 9.21. The number of nitrogens with zero attached hydrogens (tertiary/aromatic N) is 4. The first-order chi connectivity index (χ1) is 16.0. The van der Waals surface area contributed by atoms with Gasteiger partial charge in [0.15, 0.2) is 0 Å². The van der Waals surface area contributed by atoms with E-state index in [1.165, 1.54) is 12.1 Å². The van der Waals surface area contributed by atoms with Gasteiger partial charge in [0, 0.05) is 50.6 Å². The van der Waals surface area contributed by atoms with Gasteiger partial charge in [0.2, 0.25) is 11.9 Å². The summed E-state index contributed by atoms with van der Waals surface area (Å²) in [6, 6.07) is 5.31. The van der Waals surface area contributed by atoms with E-state index in [1.807, 2.05) is 0 Å². The van der Waals surface area contributed by atoms with Gasteiger partial charge in [-0.15, -0.1) is 0 Å². The first kappa shape index (κ1) is 22.0. The van der Waals surface area contributed by atoms with Crippen molar-refractivity contribution < 1.29 is 13.6 Å². The second-order valence-corrected chi connectivity index (χ2v) is 9.48. The lowest BCUT2D eigenvalue weighted by atomic mass is 9.78. The Morgan fingerprint density at radius 1 is 1.18 bits per heavy atom. The Balaban J connectivity index is 1.16. The Bertz CT molecular complexity index is 1000. The minimum Gasteiger partial charge on any atom is -0.366 e. The number of halogens is 2. The van der Waals surface area contributed by atoms with E-state index >= 15 is 0 Å². The summed E-state index contributed by atoms with van der Waals surface area (Å²) in [6.45, 7) is 4.55. The zero-order chi connectivity index (χ0) is 22.8. The van der Waals surface area contributed by atoms with Crippen LogP contribution in [-0.4, -0.2) is 59.5 Å². The molecule has 3 fully saturated rings. The molecule has 3 aliphatic heterocycles. The quantitative estimate of drug-likeness (QED) is 0.721. The molecule has 1 aromatic carbocycles. The van der Waals surface area contributed by atoms with Crippen molar-refractivity contribution in [1.29, 1.82) is 0 Å². The highest BCUT2D eigenvalue weighted by atomic mass is 19.1. The second-order valence-electron chi connectivity index (χ2n) is 9.48. The molecule has 0 aliphatic carbocycles. The molecule has 3 aliphatic rings. The topological polar surface area (TPSA) is 73.4 Å². The lowest BCUT2D eigenvalue weighted by Gasteiger charge is -2.39. The molecule has 2 aromatic rings. The monoisotopic (exact) mass is 456 g/mol. The zero-order valence-corrected chi connectivity index (χ0v) is 18.7. The summed E-state index contributed by atoms with van der Waals surface area (Å²) in [4.78, 5) is 26.1. The summed E-state index contributed by atoms with van der Waals surface area (Å²) in [5.74, 6) is 0.354. The van der Waals surface area contributed by atoms with Gasteiger partial charge in [0.05, 0.1) is 6.04 Å². The highest BCUT2D eigenvalue weighted by Gasteiger charge is 2.43. The Morgan fingerprint density at radius 2 is 2.00 bits per heavy atom. The average molecular weight is 457 g/mol. The SMILES string of the molecule is O=C(C1CCCN1)N1CCC2(CCN(c3nccc(NCc4ccc(F)cc4F)n3)CC2)C1. The van der Waals surface area contributed by atoms with Crippen molar-refractivity contribution in [2.24, 2.45) is 5.41 Å². The van der Waals surface area contributed by atoms with Gasteiger partial charge >= 0.3 is 0 Å². The maximum Gasteiger partial charge on any atom is 0.239 e. The number of rotatable bonds is 5. The minimum atomic E-state index is -0.589. The number of carbonyl (C=O) groups is 1. The van der Waals surface area contributed by atoms with Gasteiger partial charge < -0.3 is 20.4 Å². The van der Waals surface area contributed by atoms with Crippen LogP contribution in [0.4, 0.5) is 20.5 Å². The number of hydrogen-bond donors (Lipinski definition) is 2. The number of hydrogen-bond acceptors (Lipinski definition) is 6. The largest absolute Gasteiger partial charge is 0.366 e. The predicted octanol–water partition coefficient (Wildman–Crippen LogP) is 2.94. The highest BCUT2D eigenvalue weighted by molar-refractivity contribution is 5.82. The lowest BCUT2D eigenvalue weighted by Crippen LogP contribution is -2.46. The fraction of sp³-hybridized carbons (Fsp3) is 0.542. The highest BCUT2D eigenvalue weighted by Crippen LogP contribution is 2.41. The molecule has 176 valence electrons. The molecule has 5 rings (SSSR count). The molecule has 0 bridgehead atoms. The number of carbonyl (C=O) groups excluding carboxylic acids is 1. The van der Waals surface area contributed by atoms with E-state index in [2.05, 4.69) is 30.4 Å². The Kier molecular flexibility index (Phi) is 6.14. The van der Waals surface area contributed by atoms with E-state index in [4.69, 9.17) is 0 Å². The minimum absolute atomic E-state index is 0.00673. The maximum atomic E-state index is 13.9. The van der Waals surface area contributed by atoms with Gasteiger partial charge in [0.1, 0.15) is 17.5 Å². The normalized spacial score (nSPS) is 22.2. The van der Waals surface area contributed by atoms with E-state index in [0.29, 0.717) is 17.3 Å². The Hall–Kier alpha value is -2.81. The number of likely N-dealkylation sites (tertiary alicyclic amines) is 1. The molecule has 1 spiro atoms. The van der Waals surface area contributed by atoms with E-state index in [0.717, 1.165) is 70.9 Å². The van der Waals surface area contributed by atoms with Gasteiger partial charge in [0.25, 0.3) is 0 Å². The number of anilines is 2. The first-order valence-electron chi connectivity index (χ1n) is 11.8. The zero-order valence-electron chi connectivity index (χ0n) is 18.7. The van der Waals surface area contributed by atoms with E-state index in [9.17, 15) is 13.6 Å². The van der Waals surface area contributed by atoms with Gasteiger partial charge in [-0.1, -0.05) is 6.07 Å². The lowest BCUT2D eigenvalue weighted by molar-refractivity contribution is -0.132. The van der Waals surface area contributed by atoms with E-state index < -0.39 is 11.6 Å². The van der Waals surface area contributed by atoms with E-state index in [1.54, 1.807) is 12.3 Å². The Morgan fingerprint density at radius 3 is 2.76 bits per heavy atom. The molecule has 1 unspecified atom stereocenters. The molecule has 9 heteroatoms. The van der Waals surface area contributed by atoms with Crippen LogP contribution in [0, 0.1) is 17.0 Å². The number of aromatic nitrogens is 2. The average Bonchev–Trinajstić information content (AvgIpc) is 3.50. The summed E-state index contributed by atoms with van der Waals surface area (Å²) in [5, 5.41) is 6.43. The molecule has 7 nitrogen and oxygen atoms in total. The van der Waals surface area contributed by atoms with E-state index in [-0.39, 0.29) is 23.9 Å². The summed E-state index contributed by atoms with van der Waals surface area (Å²) < 4.78 is 27.0. The van der Waals surface area contributed by atoms with Crippen LogP contribution in [0.25, 0.3) is 0 Å². The van der Waals surface area contributed by atoms with Crippen molar-refractivity contribution in [3.05, 3.63) is 47.7 Å². The molecule has 33 heavy (non-hydrogen) atoms. The maximum absolute atomic E-state index is 13.9. The Labute approximate surface area is 192 Å². The van der Waals surface area contributed by atoms with Crippen molar-refractivity contribution in [3.63, 3.8) is 0 Å². The van der Waals surface area contributed by atoms with Crippen LogP contribution in [0.1, 0.15) is 37.7 Å². The number of piperidine rings is 1. The van der Waals surface area contributed by atoms with Crippen LogP contribution < -0.4 is 15.5 Å². The van der Waals surface area contributed by atoms with Gasteiger partial charge in [-0.2, -0.15) is 4.98 Å². The van der Waals surface area contributed by atoms with Crippen LogP contribution in [0.2, 0.25) is 0 Å². The third-order valence-corrected chi connectivity index (χ3v) is 7.33. The number of amides is 1. The van der Waals surface area contributed by atoms with Gasteiger partial charge in [-0.3, -0.25) is 4.79 Å². The summed E-state index contributed by atoms with van der Waals surface area (Å²) in [7, 11) is 0. The smallest absolute Gasteiger partial charge is 0.239 e. The molecule has 1 aromatic heterocycles. The number of nitrogens with one attached hydrogen (secondary N) is 2. The molecule has 2 N–H and O–H groups in total. The molecular formula is C24H30F2N6O. The standard InChI is InChI=1S/C24H30F2N6O/c25-18-4-3-17(19(26)14-18)15-29-21-5-10-28-23(30-21)31-11-6-24(7-12-31)8-13-32(16-24)22(33)20-2-1-9-27-20/h3-5,10,14,20,27H,1-2,6-9,11-13,15-16H2,(H,28,29,30). The van der Waals surface area contributed by atoms with Gasteiger partial charge in [-0.25, -0.2) is 13.8 Å². The van der Waals surface area contributed by atoms with Gasteiger partial charge in [-0.05, 0) is 56.2 Å². The van der Waals surface area contributed by atoms with Crippen LogP contribution in [-0.2, 0) is 11.3 Å². The molecule has 0 radical (unpaired) electrons. The van der Waals surface area contributed by atoms with Crippen molar-refractivity contribution in [3.8, 4) is 0 Å². The van der Waals surface area contributed by atoms with Crippen molar-refractivity contribution in [2.75, 3.05) is 42.9 Å². The van der Waals surface area contributed by atoms with Crippen LogP contribution >= 0.6 is 0 Å². The number of benzene rings is 1. The van der Waals surface area contributed by atoms with Crippen LogP contribution in [0.5, 0.6) is 0 Å². The van der Waals surface area contributed by atoms with Crippen molar-refractivity contribution >= 4 is 17.7 Å². The van der Waals surface area contributed by atoms with Crippen LogP contribution in [0.15, 0.2) is 30.5 Å². The summed E-state index contributed by atoms with van der Waals surface area (Å²) in [6.07, 6.45) is 6.81. The first-order valence-corrected chi connectivity index (χ1v) is 11.8. The fourth-order valence-corrected chi connectivity index (χ4v) is 5.28. The molecule has 4 heterocycles. The third-order valence-electron chi connectivity index (χ3n) is 7.33. The summed E-state index contributed by atoms with van der Waals surface area (Å²) >= 11 is 0. The predicted molar refractivity (Wildman–Crippen MR) is 122 cm³/mol. The fourth-order valence-electron chi connectivity index (χ4n) is 5.28. The molecular weight excluding hydrogens is 426 g/mol.